The normalized spacial score (nSPS) is 21.5. The zero-order valence-electron chi connectivity index (χ0n) is 12.0. The molecule has 0 unspecified atom stereocenters. The van der Waals surface area contributed by atoms with E-state index in [-0.39, 0.29) is 0 Å². The maximum Gasteiger partial charge on any atom is 0.101 e. The zero-order valence-corrected chi connectivity index (χ0v) is 13.0. The van der Waals surface area contributed by atoms with Gasteiger partial charge in [0, 0.05) is 12.6 Å². The first kappa shape index (κ1) is 13.8. The van der Waals surface area contributed by atoms with E-state index in [0.29, 0.717) is 6.42 Å². The number of aryl methyl sites for hydroxylation is 1. The first-order chi connectivity index (χ1) is 8.93. The fourth-order valence-corrected chi connectivity index (χ4v) is 3.76. The summed E-state index contributed by atoms with van der Waals surface area (Å²) in [7, 11) is -1.34. The Morgan fingerprint density at radius 1 is 1.47 bits per heavy atom. The third kappa shape index (κ3) is 2.44. The van der Waals surface area contributed by atoms with Crippen LogP contribution >= 0.6 is 0 Å². The van der Waals surface area contributed by atoms with Gasteiger partial charge in [0.2, 0.25) is 0 Å². The van der Waals surface area contributed by atoms with Crippen molar-refractivity contribution in [2.45, 2.75) is 50.7 Å². The standard InChI is InChI=1S/C16H20N2Si/c1-5-6-8-16(12-17)9-7-13-10-14(19(2,3)4)11-18-15(13)16/h1,10-11H,6-9H2,2-4H3/t16-/m1/s1. The van der Waals surface area contributed by atoms with E-state index in [1.165, 1.54) is 10.8 Å². The van der Waals surface area contributed by atoms with E-state index in [9.17, 15) is 5.26 Å². The van der Waals surface area contributed by atoms with Crippen LogP contribution in [0.2, 0.25) is 19.6 Å². The molecule has 1 aliphatic rings. The summed E-state index contributed by atoms with van der Waals surface area (Å²) in [6.45, 7) is 6.96. The molecule has 1 atom stereocenters. The molecule has 19 heavy (non-hydrogen) atoms. The van der Waals surface area contributed by atoms with Gasteiger partial charge in [-0.1, -0.05) is 25.7 Å². The van der Waals surface area contributed by atoms with E-state index < -0.39 is 13.5 Å². The van der Waals surface area contributed by atoms with E-state index in [1.54, 1.807) is 0 Å². The highest BCUT2D eigenvalue weighted by Gasteiger charge is 2.40. The summed E-state index contributed by atoms with van der Waals surface area (Å²) < 4.78 is 0. The topological polar surface area (TPSA) is 36.7 Å². The van der Waals surface area contributed by atoms with Gasteiger partial charge in [0.05, 0.1) is 19.8 Å². The molecule has 0 radical (unpaired) electrons. The minimum absolute atomic E-state index is 0.445. The summed E-state index contributed by atoms with van der Waals surface area (Å²) in [5, 5.41) is 10.9. The van der Waals surface area contributed by atoms with Crippen molar-refractivity contribution in [1.29, 1.82) is 5.26 Å². The van der Waals surface area contributed by atoms with Gasteiger partial charge >= 0.3 is 0 Å². The minimum atomic E-state index is -1.34. The van der Waals surface area contributed by atoms with Crippen molar-refractivity contribution < 1.29 is 0 Å². The molecule has 0 spiro atoms. The Labute approximate surface area is 116 Å². The molecule has 0 amide bonds. The molecule has 0 bridgehead atoms. The van der Waals surface area contributed by atoms with Crippen molar-refractivity contribution in [1.82, 2.24) is 4.98 Å². The largest absolute Gasteiger partial charge is 0.259 e. The van der Waals surface area contributed by atoms with Crippen molar-refractivity contribution in [2.24, 2.45) is 0 Å². The minimum Gasteiger partial charge on any atom is -0.259 e. The Morgan fingerprint density at radius 2 is 2.21 bits per heavy atom. The maximum absolute atomic E-state index is 9.57. The van der Waals surface area contributed by atoms with Crippen LogP contribution in [0.3, 0.4) is 0 Å². The van der Waals surface area contributed by atoms with Crippen LogP contribution in [0.5, 0.6) is 0 Å². The van der Waals surface area contributed by atoms with E-state index in [4.69, 9.17) is 6.42 Å². The Kier molecular flexibility index (Phi) is 3.52. The van der Waals surface area contributed by atoms with Crippen molar-refractivity contribution in [3.8, 4) is 18.4 Å². The van der Waals surface area contributed by atoms with E-state index in [0.717, 1.165) is 25.0 Å². The smallest absolute Gasteiger partial charge is 0.101 e. The maximum atomic E-state index is 9.57. The molecule has 0 N–H and O–H groups in total. The van der Waals surface area contributed by atoms with Crippen LogP contribution in [0.4, 0.5) is 0 Å². The van der Waals surface area contributed by atoms with Crippen LogP contribution in [-0.4, -0.2) is 13.1 Å². The highest BCUT2D eigenvalue weighted by Crippen LogP contribution is 2.40. The highest BCUT2D eigenvalue weighted by molar-refractivity contribution is 6.88. The molecule has 2 rings (SSSR count). The molecule has 0 saturated heterocycles. The number of rotatable bonds is 3. The van der Waals surface area contributed by atoms with Crippen molar-refractivity contribution in [2.75, 3.05) is 0 Å². The van der Waals surface area contributed by atoms with Gasteiger partial charge in [-0.3, -0.25) is 4.98 Å². The molecule has 0 saturated carbocycles. The third-order valence-electron chi connectivity index (χ3n) is 4.02. The Balaban J connectivity index is 2.42. The summed E-state index contributed by atoms with van der Waals surface area (Å²) in [6, 6.07) is 4.76. The molecule has 1 aliphatic carbocycles. The van der Waals surface area contributed by atoms with Crippen LogP contribution in [0, 0.1) is 23.7 Å². The molecule has 3 heteroatoms. The second-order valence-corrected chi connectivity index (χ2v) is 11.5. The number of pyridine rings is 1. The van der Waals surface area contributed by atoms with Crippen LogP contribution in [0.15, 0.2) is 12.3 Å². The van der Waals surface area contributed by atoms with Crippen LogP contribution in [-0.2, 0) is 11.8 Å². The molecule has 2 nitrogen and oxygen atoms in total. The average Bonchev–Trinajstić information content (AvgIpc) is 2.74. The lowest BCUT2D eigenvalue weighted by Gasteiger charge is -2.21. The van der Waals surface area contributed by atoms with Gasteiger partial charge in [-0.2, -0.15) is 5.26 Å². The van der Waals surface area contributed by atoms with Gasteiger partial charge in [0.1, 0.15) is 5.41 Å². The van der Waals surface area contributed by atoms with E-state index >= 15 is 0 Å². The fourth-order valence-electron chi connectivity index (χ4n) is 2.70. The van der Waals surface area contributed by atoms with E-state index in [2.05, 4.69) is 42.7 Å². The number of hydrogen-bond acceptors (Lipinski definition) is 2. The number of aromatic nitrogens is 1. The number of fused-ring (bicyclic) bond motifs is 1. The van der Waals surface area contributed by atoms with Gasteiger partial charge in [-0.15, -0.1) is 12.3 Å². The van der Waals surface area contributed by atoms with Crippen LogP contribution in [0.25, 0.3) is 0 Å². The third-order valence-corrected chi connectivity index (χ3v) is 6.02. The monoisotopic (exact) mass is 268 g/mol. The lowest BCUT2D eigenvalue weighted by atomic mass is 9.82. The van der Waals surface area contributed by atoms with Gasteiger partial charge in [0.25, 0.3) is 0 Å². The molecule has 1 aromatic heterocycles. The molecular weight excluding hydrogens is 248 g/mol. The summed E-state index contributed by atoms with van der Waals surface area (Å²) in [5.74, 6) is 2.65. The zero-order chi connectivity index (χ0) is 14.1. The van der Waals surface area contributed by atoms with Gasteiger partial charge < -0.3 is 0 Å². The molecule has 0 fully saturated rings. The fraction of sp³-hybridized carbons (Fsp3) is 0.500. The average molecular weight is 268 g/mol. The Hall–Kier alpha value is -1.58. The molecule has 98 valence electrons. The van der Waals surface area contributed by atoms with Crippen LogP contribution in [0.1, 0.15) is 30.5 Å². The predicted octanol–water partition coefficient (Wildman–Crippen LogP) is 2.75. The molecule has 0 aliphatic heterocycles. The predicted molar refractivity (Wildman–Crippen MR) is 80.9 cm³/mol. The summed E-state index contributed by atoms with van der Waals surface area (Å²) in [6.07, 6.45) is 10.5. The second-order valence-electron chi connectivity index (χ2n) is 6.38. The summed E-state index contributed by atoms with van der Waals surface area (Å²) >= 11 is 0. The van der Waals surface area contributed by atoms with E-state index in [1.807, 2.05) is 6.20 Å². The van der Waals surface area contributed by atoms with Crippen molar-refractivity contribution in [3.63, 3.8) is 0 Å². The summed E-state index contributed by atoms with van der Waals surface area (Å²) in [4.78, 5) is 4.65. The summed E-state index contributed by atoms with van der Waals surface area (Å²) in [5.41, 5.74) is 1.80. The molecule has 0 aromatic carbocycles. The molecule has 1 heterocycles. The molecule has 1 aromatic rings. The number of hydrogen-bond donors (Lipinski definition) is 0. The Bertz CT molecular complexity index is 572. The SMILES string of the molecule is C#CCC[C@]1(C#N)CCc2cc([Si](C)(C)C)cnc21. The Morgan fingerprint density at radius 3 is 2.79 bits per heavy atom. The number of nitrogens with zero attached hydrogens (tertiary/aromatic N) is 2. The molecular formula is C16H20N2Si. The quantitative estimate of drug-likeness (QED) is 0.624. The van der Waals surface area contributed by atoms with Gasteiger partial charge in [-0.25, -0.2) is 0 Å². The van der Waals surface area contributed by atoms with Crippen molar-refractivity contribution >= 4 is 13.3 Å². The van der Waals surface area contributed by atoms with Gasteiger partial charge in [0.15, 0.2) is 0 Å². The lowest BCUT2D eigenvalue weighted by molar-refractivity contribution is 0.497. The van der Waals surface area contributed by atoms with Crippen LogP contribution < -0.4 is 5.19 Å². The first-order valence-electron chi connectivity index (χ1n) is 6.77. The van der Waals surface area contributed by atoms with Crippen molar-refractivity contribution in [3.05, 3.63) is 23.5 Å². The lowest BCUT2D eigenvalue weighted by Crippen LogP contribution is -2.38. The highest BCUT2D eigenvalue weighted by atomic mass is 28.3. The second kappa shape index (κ2) is 4.83. The number of nitriles is 1. The number of terminal acetylenes is 1. The van der Waals surface area contributed by atoms with Gasteiger partial charge in [-0.05, 0) is 30.0 Å². The first-order valence-corrected chi connectivity index (χ1v) is 10.3.